The lowest BCUT2D eigenvalue weighted by Crippen LogP contribution is -2.22. The Labute approximate surface area is 464 Å². The van der Waals surface area contributed by atoms with E-state index in [4.69, 9.17) is 0 Å². The Hall–Kier alpha value is -8.71. The Kier molecular flexibility index (Phi) is 18.6. The van der Waals surface area contributed by atoms with Crippen molar-refractivity contribution in [1.82, 2.24) is 0 Å². The van der Waals surface area contributed by atoms with Crippen LogP contribution in [0, 0.1) is 0 Å². The van der Waals surface area contributed by atoms with Crippen LogP contribution in [0.25, 0.3) is 0 Å². The highest BCUT2D eigenvalue weighted by molar-refractivity contribution is 7.86. The number of azo groups is 4. The van der Waals surface area contributed by atoms with Crippen molar-refractivity contribution in [2.45, 2.75) is 55.1 Å². The first-order valence-corrected chi connectivity index (χ1v) is 29.3. The van der Waals surface area contributed by atoms with Crippen molar-refractivity contribution in [2.24, 2.45) is 40.9 Å². The third-order valence-electron chi connectivity index (χ3n) is 12.4. The summed E-state index contributed by atoms with van der Waals surface area (Å²) in [6.45, 7) is 8.85. The number of anilines is 3. The molecule has 0 heterocycles. The van der Waals surface area contributed by atoms with Gasteiger partial charge in [-0.25, -0.2) is 0 Å². The monoisotopic (exact) mass is 1130 g/mol. The van der Waals surface area contributed by atoms with E-state index in [1.54, 1.807) is 97.1 Å². The minimum atomic E-state index is -4.42. The predicted molar refractivity (Wildman–Crippen MR) is 308 cm³/mol. The molecular weight excluding hydrogens is 1080 g/mol. The molecule has 0 spiro atoms. The van der Waals surface area contributed by atoms with E-state index in [0.29, 0.717) is 89.5 Å². The summed E-state index contributed by atoms with van der Waals surface area (Å²) in [7, 11) is -13.1. The quantitative estimate of drug-likeness (QED) is 0.0398. The maximum Gasteiger partial charge on any atom is 0.294 e. The maximum absolute atomic E-state index is 12.0. The van der Waals surface area contributed by atoms with Crippen molar-refractivity contribution >= 4 is 92.9 Å². The summed E-state index contributed by atoms with van der Waals surface area (Å²) in [4.78, 5) is 5.57. The number of hydrogen-bond donors (Lipinski definition) is 3. The van der Waals surface area contributed by atoms with E-state index in [1.165, 1.54) is 36.4 Å². The molecule has 0 aliphatic heterocycles. The third-order valence-corrected chi connectivity index (χ3v) is 14.9. The van der Waals surface area contributed by atoms with Gasteiger partial charge in [0.25, 0.3) is 30.4 Å². The van der Waals surface area contributed by atoms with Crippen LogP contribution in [0.1, 0.15) is 37.5 Å². The number of nitrogens with zero attached hydrogens (tertiary/aromatic N) is 11. The van der Waals surface area contributed by atoms with Gasteiger partial charge in [0, 0.05) is 50.6 Å². The molecule has 0 aromatic heterocycles. The molecule has 0 saturated carbocycles. The zero-order valence-corrected chi connectivity index (χ0v) is 46.0. The zero-order valence-electron chi connectivity index (χ0n) is 43.6. The lowest BCUT2D eigenvalue weighted by atomic mass is 10.1. The molecule has 0 aliphatic rings. The molecule has 8 aromatic rings. The Balaban J connectivity index is 0.947. The van der Waals surface area contributed by atoms with Gasteiger partial charge in [0.05, 0.1) is 60.2 Å². The van der Waals surface area contributed by atoms with Crippen molar-refractivity contribution in [3.63, 3.8) is 0 Å². The van der Waals surface area contributed by atoms with Gasteiger partial charge in [0.2, 0.25) is 0 Å². The SMILES string of the molecule is CCN(Cc1cccc(S(=O)(=O)O)c1)c1ccc(N=Nc2ccc(N=Nc3ccc(N(CC)Cc4cccc(S(=O)(=O)O)c4)c(N=Nc4ccc(N=Nc5ccc(N(CC)Cc6cccc(S(=O)(=O)O)c6)cc5)cc4)c3)cc2)cc1. The van der Waals surface area contributed by atoms with Crippen LogP contribution in [0.5, 0.6) is 0 Å². The summed E-state index contributed by atoms with van der Waals surface area (Å²) in [5.41, 5.74) is 8.95. The molecule has 3 N–H and O–H groups in total. The van der Waals surface area contributed by atoms with Gasteiger partial charge in [-0.15, -0.1) is 5.11 Å². The Morgan fingerprint density at radius 3 is 0.912 bits per heavy atom. The molecule has 0 unspecified atom stereocenters. The number of benzene rings is 8. The van der Waals surface area contributed by atoms with Gasteiger partial charge in [-0.3, -0.25) is 13.7 Å². The molecule has 0 saturated heterocycles. The van der Waals surface area contributed by atoms with Crippen LogP contribution < -0.4 is 14.7 Å². The lowest BCUT2D eigenvalue weighted by molar-refractivity contribution is 0.481. The summed E-state index contributed by atoms with van der Waals surface area (Å²) in [5.74, 6) is 0. The van der Waals surface area contributed by atoms with Crippen LogP contribution in [0.3, 0.4) is 0 Å². The molecule has 0 radical (unpaired) electrons. The molecule has 20 nitrogen and oxygen atoms in total. The van der Waals surface area contributed by atoms with Crippen molar-refractivity contribution in [1.29, 1.82) is 0 Å². The van der Waals surface area contributed by atoms with Crippen molar-refractivity contribution in [3.8, 4) is 0 Å². The normalized spacial score (nSPS) is 12.3. The summed E-state index contributed by atoms with van der Waals surface area (Å²) in [5, 5.41) is 35.7. The topological polar surface area (TPSA) is 272 Å². The Morgan fingerprint density at radius 2 is 0.600 bits per heavy atom. The lowest BCUT2D eigenvalue weighted by Gasteiger charge is -2.24. The second-order valence-electron chi connectivity index (χ2n) is 17.9. The van der Waals surface area contributed by atoms with E-state index in [0.717, 1.165) is 22.5 Å². The third kappa shape index (κ3) is 16.0. The van der Waals surface area contributed by atoms with Gasteiger partial charge in [-0.1, -0.05) is 36.4 Å². The van der Waals surface area contributed by atoms with Crippen LogP contribution in [-0.4, -0.2) is 58.5 Å². The van der Waals surface area contributed by atoms with Crippen LogP contribution in [0.4, 0.5) is 62.6 Å². The molecule has 410 valence electrons. The first-order valence-electron chi connectivity index (χ1n) is 25.0. The highest BCUT2D eigenvalue weighted by atomic mass is 32.2. The van der Waals surface area contributed by atoms with Crippen molar-refractivity contribution < 1.29 is 38.9 Å². The molecule has 80 heavy (non-hydrogen) atoms. The molecule has 0 atom stereocenters. The fourth-order valence-electron chi connectivity index (χ4n) is 8.22. The molecule has 0 amide bonds. The smallest absolute Gasteiger partial charge is 0.294 e. The van der Waals surface area contributed by atoms with Gasteiger partial charge >= 0.3 is 0 Å². The number of rotatable bonds is 23. The van der Waals surface area contributed by atoms with Crippen LogP contribution in [-0.2, 0) is 50.0 Å². The Morgan fingerprint density at radius 1 is 0.325 bits per heavy atom. The van der Waals surface area contributed by atoms with Gasteiger partial charge in [0.15, 0.2) is 0 Å². The second-order valence-corrected chi connectivity index (χ2v) is 22.2. The predicted octanol–water partition coefficient (Wildman–Crippen LogP) is 15.2. The molecule has 0 fully saturated rings. The second kappa shape index (κ2) is 25.8. The van der Waals surface area contributed by atoms with E-state index >= 15 is 0 Å². The standard InChI is InChI=1S/C57H55N11O9S3/c1-4-66(38-41-10-7-13-53(34-41)78(69,70)71)51-29-24-48(25-30-51)60-58-44-16-18-46(19-17-44)62-64-50-28-33-57(68(6-3)40-43-12-9-15-55(36-43)80(75,76)77)56(37-50)65-63-47-22-20-45(21-23-47)59-61-49-26-31-52(32-27-49)67(5-2)39-42-11-8-14-54(35-42)79(72,73)74/h7-37H,4-6,38-40H2,1-3H3,(H,69,70,71)(H,72,73,74)(H,75,76,77). The molecule has 23 heteroatoms. The molecule has 8 rings (SSSR count). The van der Waals surface area contributed by atoms with E-state index in [2.05, 4.69) is 50.7 Å². The summed E-state index contributed by atoms with van der Waals surface area (Å²) in [6, 6.07) is 52.8. The van der Waals surface area contributed by atoms with Gasteiger partial charge in [0.1, 0.15) is 5.69 Å². The fourth-order valence-corrected chi connectivity index (χ4v) is 9.88. The first kappa shape index (κ1) is 57.5. The van der Waals surface area contributed by atoms with Gasteiger partial charge in [-0.05, 0) is 189 Å². The first-order chi connectivity index (χ1) is 38.3. The average molecular weight is 1130 g/mol. The van der Waals surface area contributed by atoms with Crippen LogP contribution in [0.15, 0.2) is 244 Å². The summed E-state index contributed by atoms with van der Waals surface area (Å²) in [6.07, 6.45) is 0. The fraction of sp³-hybridized carbons (Fsp3) is 0.158. The zero-order chi connectivity index (χ0) is 56.9. The molecular formula is C57H55N11O9S3. The average Bonchev–Trinajstić information content (AvgIpc) is 3.47. The van der Waals surface area contributed by atoms with Crippen LogP contribution >= 0.6 is 0 Å². The van der Waals surface area contributed by atoms with Crippen molar-refractivity contribution in [2.75, 3.05) is 34.3 Å². The molecule has 8 aromatic carbocycles. The minimum absolute atomic E-state index is 0.155. The van der Waals surface area contributed by atoms with Crippen LogP contribution in [0.2, 0.25) is 0 Å². The largest absolute Gasteiger partial charge is 0.367 e. The summed E-state index contributed by atoms with van der Waals surface area (Å²) >= 11 is 0. The number of hydrogen-bond acceptors (Lipinski definition) is 17. The minimum Gasteiger partial charge on any atom is -0.367 e. The van der Waals surface area contributed by atoms with E-state index in [1.807, 2.05) is 80.3 Å². The highest BCUT2D eigenvalue weighted by Crippen LogP contribution is 2.37. The van der Waals surface area contributed by atoms with E-state index < -0.39 is 30.4 Å². The van der Waals surface area contributed by atoms with Gasteiger partial charge < -0.3 is 14.7 Å². The summed E-state index contributed by atoms with van der Waals surface area (Å²) < 4.78 is 99.2. The molecule has 0 bridgehead atoms. The highest BCUT2D eigenvalue weighted by Gasteiger charge is 2.17. The van der Waals surface area contributed by atoms with Gasteiger partial charge in [-0.2, -0.15) is 61.1 Å². The van der Waals surface area contributed by atoms with Crippen molar-refractivity contribution in [3.05, 3.63) is 205 Å². The van der Waals surface area contributed by atoms with E-state index in [-0.39, 0.29) is 21.2 Å². The maximum atomic E-state index is 12.0. The molecule has 0 aliphatic carbocycles. The van der Waals surface area contributed by atoms with E-state index in [9.17, 15) is 38.9 Å². The Bertz CT molecular complexity index is 3920.